The van der Waals surface area contributed by atoms with Crippen molar-refractivity contribution in [2.45, 2.75) is 18.9 Å². The van der Waals surface area contributed by atoms with Crippen LogP contribution in [0.25, 0.3) is 11.2 Å². The van der Waals surface area contributed by atoms with Gasteiger partial charge in [0.05, 0.1) is 17.2 Å². The fraction of sp³-hybridized carbons (Fsp3) is 0.316. The lowest BCUT2D eigenvalue weighted by atomic mass is 10.0. The van der Waals surface area contributed by atoms with Crippen molar-refractivity contribution in [3.63, 3.8) is 0 Å². The Hall–Kier alpha value is -3.69. The van der Waals surface area contributed by atoms with Crippen molar-refractivity contribution < 1.29 is 9.59 Å². The summed E-state index contributed by atoms with van der Waals surface area (Å²) >= 11 is 0. The summed E-state index contributed by atoms with van der Waals surface area (Å²) < 4.78 is 1.27. The van der Waals surface area contributed by atoms with Crippen LogP contribution < -0.4 is 16.1 Å². The minimum absolute atomic E-state index is 0.213. The van der Waals surface area contributed by atoms with Gasteiger partial charge in [0, 0.05) is 20.1 Å². The molecule has 2 aromatic heterocycles. The van der Waals surface area contributed by atoms with Gasteiger partial charge >= 0.3 is 5.69 Å². The summed E-state index contributed by atoms with van der Waals surface area (Å²) in [6, 6.07) is 6.53. The van der Waals surface area contributed by atoms with Crippen molar-refractivity contribution in [2.24, 2.45) is 7.05 Å². The fourth-order valence-electron chi connectivity index (χ4n) is 4.14. The van der Waals surface area contributed by atoms with Crippen LogP contribution in [-0.2, 0) is 7.05 Å². The molecule has 0 radical (unpaired) electrons. The quantitative estimate of drug-likeness (QED) is 0.599. The molecule has 1 aromatic carbocycles. The topological polar surface area (TPSA) is 124 Å². The SMILES string of the molecule is Cn1c(=O)[nH]c(=O)c2[nH]c(N3CCC[C@@H](N4C(=O)c5ccccc5C4=O)C3)nc21. The number of nitrogens with zero attached hydrogens (tertiary/aromatic N) is 4. The molecule has 4 heterocycles. The van der Waals surface area contributed by atoms with E-state index in [1.807, 2.05) is 4.90 Å². The second-order valence-electron chi connectivity index (χ2n) is 7.35. The number of anilines is 1. The number of hydrogen-bond acceptors (Lipinski definition) is 6. The van der Waals surface area contributed by atoms with Gasteiger partial charge in [0.15, 0.2) is 11.2 Å². The van der Waals surface area contributed by atoms with Gasteiger partial charge in [-0.1, -0.05) is 12.1 Å². The molecule has 2 aliphatic rings. The van der Waals surface area contributed by atoms with Crippen molar-refractivity contribution in [2.75, 3.05) is 18.0 Å². The Morgan fingerprint density at radius 2 is 1.72 bits per heavy atom. The number of hydrogen-bond donors (Lipinski definition) is 2. The minimum Gasteiger partial charge on any atom is -0.340 e. The maximum absolute atomic E-state index is 12.8. The Labute approximate surface area is 163 Å². The van der Waals surface area contributed by atoms with Crippen LogP contribution in [0, 0.1) is 0 Å². The second-order valence-corrected chi connectivity index (χ2v) is 7.35. The number of imidazole rings is 1. The van der Waals surface area contributed by atoms with Crippen molar-refractivity contribution in [1.82, 2.24) is 24.4 Å². The number of piperidine rings is 1. The Bertz CT molecular complexity index is 1250. The molecule has 10 nitrogen and oxygen atoms in total. The standard InChI is InChI=1S/C19H18N6O4/c1-23-14-13(15(26)22-19(23)29)20-18(21-14)24-8-4-5-10(9-24)25-16(27)11-6-2-3-7-12(11)17(25)28/h2-3,6-7,10H,4-5,8-9H2,1H3,(H,20,21)(H,22,26,29)/t10-/m1/s1. The highest BCUT2D eigenvalue weighted by atomic mass is 16.2. The molecule has 148 valence electrons. The number of aromatic nitrogens is 4. The Kier molecular flexibility index (Phi) is 3.70. The van der Waals surface area contributed by atoms with Gasteiger partial charge in [0.25, 0.3) is 17.4 Å². The van der Waals surface area contributed by atoms with Gasteiger partial charge in [0.1, 0.15) is 0 Å². The molecule has 1 fully saturated rings. The van der Waals surface area contributed by atoms with Crippen LogP contribution in [0.2, 0.25) is 0 Å². The van der Waals surface area contributed by atoms with Gasteiger partial charge < -0.3 is 9.88 Å². The zero-order chi connectivity index (χ0) is 20.3. The van der Waals surface area contributed by atoms with E-state index < -0.39 is 11.2 Å². The molecule has 10 heteroatoms. The monoisotopic (exact) mass is 394 g/mol. The maximum Gasteiger partial charge on any atom is 0.329 e. The van der Waals surface area contributed by atoms with Crippen LogP contribution in [0.3, 0.4) is 0 Å². The molecular formula is C19H18N6O4. The number of carbonyl (C=O) groups is 2. The number of aryl methyl sites for hydroxylation is 1. The number of nitrogens with one attached hydrogen (secondary N) is 2. The molecule has 0 saturated carbocycles. The summed E-state index contributed by atoms with van der Waals surface area (Å²) in [7, 11) is 1.53. The molecule has 29 heavy (non-hydrogen) atoms. The first-order valence-electron chi connectivity index (χ1n) is 9.36. The molecular weight excluding hydrogens is 376 g/mol. The van der Waals surface area contributed by atoms with Crippen molar-refractivity contribution in [3.8, 4) is 0 Å². The third-order valence-corrected chi connectivity index (χ3v) is 5.63. The molecule has 5 rings (SSSR count). The highest BCUT2D eigenvalue weighted by Crippen LogP contribution is 2.29. The molecule has 2 aliphatic heterocycles. The van der Waals surface area contributed by atoms with Gasteiger partial charge in [0.2, 0.25) is 5.95 Å². The van der Waals surface area contributed by atoms with E-state index in [1.165, 1.54) is 16.5 Å². The lowest BCUT2D eigenvalue weighted by Crippen LogP contribution is -2.50. The van der Waals surface area contributed by atoms with Crippen LogP contribution in [0.5, 0.6) is 0 Å². The number of H-pyrrole nitrogens is 2. The lowest BCUT2D eigenvalue weighted by Gasteiger charge is -2.36. The van der Waals surface area contributed by atoms with E-state index in [1.54, 1.807) is 24.3 Å². The van der Waals surface area contributed by atoms with Crippen LogP contribution in [0.4, 0.5) is 5.95 Å². The number of benzene rings is 1. The fourth-order valence-corrected chi connectivity index (χ4v) is 4.14. The zero-order valence-electron chi connectivity index (χ0n) is 15.6. The highest BCUT2D eigenvalue weighted by Gasteiger charge is 2.41. The second kappa shape index (κ2) is 6.16. The number of amides is 2. The minimum atomic E-state index is -0.539. The summed E-state index contributed by atoms with van der Waals surface area (Å²) in [5.41, 5.74) is 0.264. The molecule has 0 unspecified atom stereocenters. The van der Waals surface area contributed by atoms with Crippen molar-refractivity contribution >= 4 is 28.9 Å². The highest BCUT2D eigenvalue weighted by molar-refractivity contribution is 6.21. The maximum atomic E-state index is 12.8. The molecule has 1 saturated heterocycles. The Balaban J connectivity index is 1.47. The largest absolute Gasteiger partial charge is 0.340 e. The normalized spacial score (nSPS) is 19.3. The Morgan fingerprint density at radius 1 is 1.03 bits per heavy atom. The van der Waals surface area contributed by atoms with Gasteiger partial charge in [-0.2, -0.15) is 4.98 Å². The molecule has 0 bridgehead atoms. The molecule has 3 aromatic rings. The summed E-state index contributed by atoms with van der Waals surface area (Å²) in [5, 5.41) is 0. The number of aromatic amines is 2. The predicted molar refractivity (Wildman–Crippen MR) is 104 cm³/mol. The van der Waals surface area contributed by atoms with Crippen molar-refractivity contribution in [3.05, 3.63) is 56.2 Å². The third-order valence-electron chi connectivity index (χ3n) is 5.63. The first kappa shape index (κ1) is 17.4. The van der Waals surface area contributed by atoms with E-state index in [9.17, 15) is 19.2 Å². The number of fused-ring (bicyclic) bond motifs is 2. The average Bonchev–Trinajstić information content (AvgIpc) is 3.28. The first-order chi connectivity index (χ1) is 14.0. The molecule has 0 aliphatic carbocycles. The number of imide groups is 1. The zero-order valence-corrected chi connectivity index (χ0v) is 15.6. The summed E-state index contributed by atoms with van der Waals surface area (Å²) in [6.07, 6.45) is 1.45. The Morgan fingerprint density at radius 3 is 2.41 bits per heavy atom. The number of rotatable bonds is 2. The molecule has 1 atom stereocenters. The summed E-state index contributed by atoms with van der Waals surface area (Å²) in [6.45, 7) is 1.06. The summed E-state index contributed by atoms with van der Waals surface area (Å²) in [4.78, 5) is 62.3. The molecule has 2 amide bonds. The molecule has 2 N–H and O–H groups in total. The van der Waals surface area contributed by atoms with E-state index in [-0.39, 0.29) is 29.0 Å². The van der Waals surface area contributed by atoms with E-state index in [4.69, 9.17) is 0 Å². The van der Waals surface area contributed by atoms with Crippen molar-refractivity contribution in [1.29, 1.82) is 0 Å². The third kappa shape index (κ3) is 2.52. The van der Waals surface area contributed by atoms with Gasteiger partial charge in [-0.3, -0.25) is 28.8 Å². The predicted octanol–water partition coefficient (Wildman–Crippen LogP) is 0.215. The van der Waals surface area contributed by atoms with Crippen LogP contribution in [0.15, 0.2) is 33.9 Å². The van der Waals surface area contributed by atoms with Gasteiger partial charge in [-0.15, -0.1) is 0 Å². The first-order valence-corrected chi connectivity index (χ1v) is 9.36. The molecule has 0 spiro atoms. The lowest BCUT2D eigenvalue weighted by molar-refractivity contribution is 0.0569. The number of carbonyl (C=O) groups excluding carboxylic acids is 2. The van der Waals surface area contributed by atoms with E-state index in [2.05, 4.69) is 15.0 Å². The van der Waals surface area contributed by atoms with E-state index in [0.717, 1.165) is 6.42 Å². The average molecular weight is 394 g/mol. The van der Waals surface area contributed by atoms with Crippen LogP contribution in [0.1, 0.15) is 33.6 Å². The smallest absolute Gasteiger partial charge is 0.329 e. The van der Waals surface area contributed by atoms with E-state index >= 15 is 0 Å². The van der Waals surface area contributed by atoms with Crippen LogP contribution >= 0.6 is 0 Å². The summed E-state index contributed by atoms with van der Waals surface area (Å²) in [5.74, 6) is -0.116. The van der Waals surface area contributed by atoms with Crippen LogP contribution in [-0.4, -0.2) is 55.4 Å². The van der Waals surface area contributed by atoms with Gasteiger partial charge in [-0.25, -0.2) is 4.79 Å². The van der Waals surface area contributed by atoms with Gasteiger partial charge in [-0.05, 0) is 25.0 Å². The van der Waals surface area contributed by atoms with E-state index in [0.29, 0.717) is 36.6 Å².